The van der Waals surface area contributed by atoms with E-state index in [0.717, 1.165) is 27.1 Å². The first-order valence-electron chi connectivity index (χ1n) is 10.4. The lowest BCUT2D eigenvalue weighted by molar-refractivity contribution is -0.144. The van der Waals surface area contributed by atoms with E-state index in [0.29, 0.717) is 11.3 Å². The maximum absolute atomic E-state index is 12.9. The molecule has 4 rings (SSSR count). The first-order valence-corrected chi connectivity index (χ1v) is 11.4. The number of hydrogen-bond acceptors (Lipinski definition) is 7. The number of aliphatic carboxylic acids is 1. The molecule has 2 N–H and O–H groups in total. The second-order valence-electron chi connectivity index (χ2n) is 7.92. The van der Waals surface area contributed by atoms with Gasteiger partial charge in [-0.15, -0.1) is 11.8 Å². The van der Waals surface area contributed by atoms with Gasteiger partial charge in [-0.05, 0) is 37.1 Å². The van der Waals surface area contributed by atoms with E-state index in [-0.39, 0.29) is 6.42 Å². The lowest BCUT2D eigenvalue weighted by atomic mass is 10.1. The molecule has 1 aliphatic heterocycles. The van der Waals surface area contributed by atoms with Crippen LogP contribution >= 0.6 is 11.8 Å². The average Bonchev–Trinajstić information content (AvgIpc) is 3.07. The molecule has 0 radical (unpaired) electrons. The molecule has 0 saturated carbocycles. The molecule has 1 aromatic heterocycles. The van der Waals surface area contributed by atoms with Crippen LogP contribution in [0.5, 0.6) is 5.75 Å². The van der Waals surface area contributed by atoms with Gasteiger partial charge in [0.2, 0.25) is 0 Å². The van der Waals surface area contributed by atoms with E-state index in [1.807, 2.05) is 31.2 Å². The molecule has 34 heavy (non-hydrogen) atoms. The highest BCUT2D eigenvalue weighted by Gasteiger charge is 2.43. The number of ether oxygens (including phenoxy) is 1. The molecule has 9 nitrogen and oxygen atoms in total. The molecule has 1 fully saturated rings. The standard InChI is InChI=1S/C24H22N2O7S/c1-13-3-5-15(6-4-13)24-26(23(31)19(34-24)11-21(28)29)25-20(27)12-32-16-7-8-17-14(2)9-22(30)33-18(17)10-16/h3-10,19,24H,11-12H2,1-2H3,(H,25,27)(H,28,29). The van der Waals surface area contributed by atoms with E-state index in [9.17, 15) is 19.2 Å². The number of amides is 2. The number of carboxylic acid groups (broad SMARTS) is 1. The quantitative estimate of drug-likeness (QED) is 0.492. The van der Waals surface area contributed by atoms with Crippen LogP contribution < -0.4 is 15.8 Å². The van der Waals surface area contributed by atoms with Crippen LogP contribution in [0, 0.1) is 13.8 Å². The fourth-order valence-corrected chi connectivity index (χ4v) is 4.99. The predicted molar refractivity (Wildman–Crippen MR) is 125 cm³/mol. The molecule has 1 aliphatic rings. The minimum absolute atomic E-state index is 0.317. The number of nitrogens with zero attached hydrogens (tertiary/aromatic N) is 1. The second kappa shape index (κ2) is 9.60. The molecule has 2 atom stereocenters. The van der Waals surface area contributed by atoms with Crippen molar-refractivity contribution in [3.63, 3.8) is 0 Å². The van der Waals surface area contributed by atoms with Crippen molar-refractivity contribution in [1.82, 2.24) is 10.4 Å². The van der Waals surface area contributed by atoms with Crippen LogP contribution in [0.1, 0.15) is 28.5 Å². The Morgan fingerprint density at radius 2 is 1.85 bits per heavy atom. The van der Waals surface area contributed by atoms with Gasteiger partial charge in [0.25, 0.3) is 11.8 Å². The number of aryl methyl sites for hydroxylation is 2. The molecule has 10 heteroatoms. The van der Waals surface area contributed by atoms with Crippen molar-refractivity contribution in [2.45, 2.75) is 30.9 Å². The van der Waals surface area contributed by atoms with Crippen LogP contribution in [0.25, 0.3) is 11.0 Å². The molecule has 176 valence electrons. The van der Waals surface area contributed by atoms with Crippen LogP contribution in [0.3, 0.4) is 0 Å². The van der Waals surface area contributed by atoms with E-state index >= 15 is 0 Å². The van der Waals surface area contributed by atoms with Crippen LogP contribution in [0.4, 0.5) is 0 Å². The number of fused-ring (bicyclic) bond motifs is 1. The summed E-state index contributed by atoms with van der Waals surface area (Å²) in [6.45, 7) is 3.32. The molecular weight excluding hydrogens is 460 g/mol. The first kappa shape index (κ1) is 23.4. The Labute approximate surface area is 198 Å². The SMILES string of the molecule is Cc1ccc(C2SC(CC(=O)O)C(=O)N2NC(=O)COc2ccc3c(C)cc(=O)oc3c2)cc1. The fourth-order valence-electron chi connectivity index (χ4n) is 3.62. The molecule has 0 aliphatic carbocycles. The molecule has 0 bridgehead atoms. The van der Waals surface area contributed by atoms with Gasteiger partial charge >= 0.3 is 11.6 Å². The number of carbonyl (C=O) groups excluding carboxylic acids is 2. The van der Waals surface area contributed by atoms with Crippen molar-refractivity contribution >= 4 is 40.5 Å². The number of hydrogen-bond donors (Lipinski definition) is 2. The summed E-state index contributed by atoms with van der Waals surface area (Å²) < 4.78 is 10.7. The Balaban J connectivity index is 1.47. The molecule has 0 spiro atoms. The third-order valence-corrected chi connectivity index (χ3v) is 6.74. The van der Waals surface area contributed by atoms with Crippen LogP contribution in [0.2, 0.25) is 0 Å². The zero-order valence-corrected chi connectivity index (χ0v) is 19.3. The highest BCUT2D eigenvalue weighted by Crippen LogP contribution is 2.43. The van der Waals surface area contributed by atoms with E-state index in [1.165, 1.54) is 23.9 Å². The first-order chi connectivity index (χ1) is 16.2. The van der Waals surface area contributed by atoms with Gasteiger partial charge in [0.05, 0.1) is 11.7 Å². The molecule has 3 aromatic rings. The minimum Gasteiger partial charge on any atom is -0.484 e. The molecule has 2 amide bonds. The molecule has 2 aromatic carbocycles. The topological polar surface area (TPSA) is 126 Å². The summed E-state index contributed by atoms with van der Waals surface area (Å²) in [4.78, 5) is 48.3. The number of hydrazine groups is 1. The summed E-state index contributed by atoms with van der Waals surface area (Å²) in [7, 11) is 0. The predicted octanol–water partition coefficient (Wildman–Crippen LogP) is 2.94. The summed E-state index contributed by atoms with van der Waals surface area (Å²) >= 11 is 1.17. The average molecular weight is 483 g/mol. The van der Waals surface area contributed by atoms with Gasteiger partial charge in [-0.3, -0.25) is 19.8 Å². The number of benzene rings is 2. The van der Waals surface area contributed by atoms with Crippen LogP contribution in [0.15, 0.2) is 57.7 Å². The van der Waals surface area contributed by atoms with Crippen molar-refractivity contribution in [1.29, 1.82) is 0 Å². The number of carboxylic acids is 1. The molecule has 1 saturated heterocycles. The third kappa shape index (κ3) is 5.07. The molecular formula is C24H22N2O7S. The van der Waals surface area contributed by atoms with Gasteiger partial charge in [-0.1, -0.05) is 29.8 Å². The summed E-state index contributed by atoms with van der Waals surface area (Å²) in [6, 6.07) is 13.7. The minimum atomic E-state index is -1.09. The Bertz CT molecular complexity index is 1320. The van der Waals surface area contributed by atoms with Crippen molar-refractivity contribution in [2.24, 2.45) is 0 Å². The molecule has 2 heterocycles. The van der Waals surface area contributed by atoms with Crippen molar-refractivity contribution in [2.75, 3.05) is 6.61 Å². The fraction of sp³-hybridized carbons (Fsp3) is 0.250. The summed E-state index contributed by atoms with van der Waals surface area (Å²) in [5.41, 5.74) is 4.97. The van der Waals surface area contributed by atoms with E-state index in [4.69, 9.17) is 14.3 Å². The maximum atomic E-state index is 12.9. The normalized spacial score (nSPS) is 17.7. The van der Waals surface area contributed by atoms with Crippen LogP contribution in [-0.2, 0) is 14.4 Å². The third-order valence-electron chi connectivity index (χ3n) is 5.30. The van der Waals surface area contributed by atoms with E-state index in [2.05, 4.69) is 5.43 Å². The van der Waals surface area contributed by atoms with E-state index in [1.54, 1.807) is 19.1 Å². The number of nitrogens with one attached hydrogen (secondary N) is 1. The highest BCUT2D eigenvalue weighted by atomic mass is 32.2. The Kier molecular flexibility index (Phi) is 6.60. The van der Waals surface area contributed by atoms with Gasteiger partial charge in [0.15, 0.2) is 6.61 Å². The molecule has 2 unspecified atom stereocenters. The largest absolute Gasteiger partial charge is 0.484 e. The number of thioether (sulfide) groups is 1. The summed E-state index contributed by atoms with van der Waals surface area (Å²) in [6.07, 6.45) is -0.351. The summed E-state index contributed by atoms with van der Waals surface area (Å²) in [5, 5.41) is 9.68. The maximum Gasteiger partial charge on any atom is 0.336 e. The van der Waals surface area contributed by atoms with Crippen molar-refractivity contribution in [3.05, 3.63) is 75.6 Å². The zero-order chi connectivity index (χ0) is 24.4. The number of carbonyl (C=O) groups is 3. The van der Waals surface area contributed by atoms with Gasteiger partial charge < -0.3 is 14.3 Å². The van der Waals surface area contributed by atoms with E-state index < -0.39 is 40.6 Å². The van der Waals surface area contributed by atoms with Crippen LogP contribution in [-0.4, -0.2) is 39.8 Å². The number of rotatable bonds is 7. The summed E-state index contributed by atoms with van der Waals surface area (Å²) in [5.74, 6) is -1.86. The van der Waals surface area contributed by atoms with Gasteiger partial charge in [0, 0.05) is 17.5 Å². The van der Waals surface area contributed by atoms with Crippen molar-refractivity contribution < 1.29 is 28.6 Å². The monoisotopic (exact) mass is 482 g/mol. The Morgan fingerprint density at radius 3 is 2.56 bits per heavy atom. The van der Waals surface area contributed by atoms with Gasteiger partial charge in [0.1, 0.15) is 16.7 Å². The highest BCUT2D eigenvalue weighted by molar-refractivity contribution is 8.01. The van der Waals surface area contributed by atoms with Gasteiger partial charge in [-0.2, -0.15) is 0 Å². The Hall–Kier alpha value is -3.79. The lowest BCUT2D eigenvalue weighted by Gasteiger charge is -2.24. The Morgan fingerprint density at radius 1 is 1.12 bits per heavy atom. The smallest absolute Gasteiger partial charge is 0.336 e. The lowest BCUT2D eigenvalue weighted by Crippen LogP contribution is -2.47. The van der Waals surface area contributed by atoms with Gasteiger partial charge in [-0.25, -0.2) is 9.80 Å². The van der Waals surface area contributed by atoms with Crippen molar-refractivity contribution in [3.8, 4) is 5.75 Å². The second-order valence-corrected chi connectivity index (χ2v) is 9.21. The zero-order valence-electron chi connectivity index (χ0n) is 18.4.